The second-order valence-corrected chi connectivity index (χ2v) is 4.26. The molecule has 0 saturated heterocycles. The summed E-state index contributed by atoms with van der Waals surface area (Å²) in [5.74, 6) is -0.191. The number of rotatable bonds is 4. The molecule has 0 amide bonds. The van der Waals surface area contributed by atoms with Crippen LogP contribution in [0.1, 0.15) is 17.2 Å². The zero-order chi connectivity index (χ0) is 12.1. The lowest BCUT2D eigenvalue weighted by atomic mass is 9.95. The minimum absolute atomic E-state index is 0.191. The van der Waals surface area contributed by atoms with Crippen LogP contribution in [0.3, 0.4) is 0 Å². The van der Waals surface area contributed by atoms with Crippen LogP contribution in [-0.4, -0.2) is 11.3 Å². The van der Waals surface area contributed by atoms with Crippen molar-refractivity contribution >= 4 is 17.9 Å². The summed E-state index contributed by atoms with van der Waals surface area (Å²) in [5.41, 5.74) is 1.84. The third-order valence-corrected chi connectivity index (χ3v) is 2.83. The molecule has 1 unspecified atom stereocenters. The summed E-state index contributed by atoms with van der Waals surface area (Å²) in [4.78, 5) is 15.4. The number of halogens is 1. The number of hydrogen-bond acceptors (Lipinski definition) is 2. The smallest absolute Gasteiger partial charge is 0.127 e. The molecule has 2 aromatic rings. The number of carbonyl (C=O) groups is 1. The van der Waals surface area contributed by atoms with Crippen LogP contribution < -0.4 is 0 Å². The van der Waals surface area contributed by atoms with Gasteiger partial charge in [-0.25, -0.2) is 0 Å². The molecular formula is C14H12ClNO. The molecule has 1 aromatic carbocycles. The van der Waals surface area contributed by atoms with Crippen molar-refractivity contribution in [1.29, 1.82) is 0 Å². The zero-order valence-electron chi connectivity index (χ0n) is 9.21. The van der Waals surface area contributed by atoms with Crippen molar-refractivity contribution in [2.24, 2.45) is 0 Å². The van der Waals surface area contributed by atoms with Gasteiger partial charge in [-0.1, -0.05) is 29.8 Å². The Hall–Kier alpha value is -1.67. The van der Waals surface area contributed by atoms with Gasteiger partial charge in [0.2, 0.25) is 0 Å². The molecule has 2 rings (SSSR count). The van der Waals surface area contributed by atoms with Crippen molar-refractivity contribution < 1.29 is 4.79 Å². The van der Waals surface area contributed by atoms with Crippen LogP contribution in [0.4, 0.5) is 0 Å². The maximum Gasteiger partial charge on any atom is 0.127 e. The van der Waals surface area contributed by atoms with Crippen molar-refractivity contribution in [3.63, 3.8) is 0 Å². The van der Waals surface area contributed by atoms with Gasteiger partial charge in [0, 0.05) is 29.3 Å². The Labute approximate surface area is 105 Å². The maximum atomic E-state index is 11.2. The average Bonchev–Trinajstić information content (AvgIpc) is 2.37. The van der Waals surface area contributed by atoms with E-state index in [2.05, 4.69) is 4.98 Å². The van der Waals surface area contributed by atoms with Crippen molar-refractivity contribution in [3.05, 3.63) is 64.9 Å². The zero-order valence-corrected chi connectivity index (χ0v) is 9.97. The molecule has 0 radical (unpaired) electrons. The predicted molar refractivity (Wildman–Crippen MR) is 68.2 cm³/mol. The number of aromatic nitrogens is 1. The predicted octanol–water partition coefficient (Wildman–Crippen LogP) is 3.26. The van der Waals surface area contributed by atoms with Crippen LogP contribution in [-0.2, 0) is 11.2 Å². The number of aldehydes is 1. The third-order valence-electron chi connectivity index (χ3n) is 2.60. The molecule has 0 aliphatic rings. The minimum Gasteiger partial charge on any atom is -0.303 e. The molecule has 0 aliphatic heterocycles. The fraction of sp³-hybridized carbons (Fsp3) is 0.143. The number of benzene rings is 1. The topological polar surface area (TPSA) is 30.0 Å². The van der Waals surface area contributed by atoms with Crippen LogP contribution in [0, 0.1) is 0 Å². The fourth-order valence-electron chi connectivity index (χ4n) is 1.73. The van der Waals surface area contributed by atoms with Crippen LogP contribution in [0.15, 0.2) is 48.7 Å². The van der Waals surface area contributed by atoms with E-state index in [1.54, 1.807) is 12.3 Å². The Bertz CT molecular complexity index is 499. The van der Waals surface area contributed by atoms with Gasteiger partial charge >= 0.3 is 0 Å². The van der Waals surface area contributed by atoms with E-state index in [1.807, 2.05) is 36.4 Å². The number of carbonyl (C=O) groups excluding carboxylic acids is 1. The van der Waals surface area contributed by atoms with E-state index in [-0.39, 0.29) is 5.92 Å². The first kappa shape index (κ1) is 11.8. The summed E-state index contributed by atoms with van der Waals surface area (Å²) >= 11 is 5.92. The molecule has 0 spiro atoms. The van der Waals surface area contributed by atoms with Gasteiger partial charge in [-0.05, 0) is 29.8 Å². The first-order valence-corrected chi connectivity index (χ1v) is 5.78. The summed E-state index contributed by atoms with van der Waals surface area (Å²) in [7, 11) is 0. The van der Waals surface area contributed by atoms with Crippen molar-refractivity contribution in [2.45, 2.75) is 12.3 Å². The molecule has 0 N–H and O–H groups in total. The van der Waals surface area contributed by atoms with E-state index in [0.29, 0.717) is 11.4 Å². The lowest BCUT2D eigenvalue weighted by Crippen LogP contribution is -2.05. The Morgan fingerprint density at radius 1 is 1.24 bits per heavy atom. The summed E-state index contributed by atoms with van der Waals surface area (Å²) in [5, 5.41) is 0.648. The molecular weight excluding hydrogens is 234 g/mol. The molecule has 3 heteroatoms. The normalized spacial score (nSPS) is 12.1. The lowest BCUT2D eigenvalue weighted by molar-refractivity contribution is -0.109. The second-order valence-electron chi connectivity index (χ2n) is 3.82. The van der Waals surface area contributed by atoms with Gasteiger partial charge in [0.15, 0.2) is 0 Å². The highest BCUT2D eigenvalue weighted by molar-refractivity contribution is 6.30. The van der Waals surface area contributed by atoms with Crippen LogP contribution >= 0.6 is 11.6 Å². The quantitative estimate of drug-likeness (QED) is 0.774. The Morgan fingerprint density at radius 2 is 2.12 bits per heavy atom. The molecule has 0 saturated carbocycles. The first-order chi connectivity index (χ1) is 8.29. The number of nitrogens with zero attached hydrogens (tertiary/aromatic N) is 1. The van der Waals surface area contributed by atoms with Crippen LogP contribution in [0.5, 0.6) is 0 Å². The summed E-state index contributed by atoms with van der Waals surface area (Å²) < 4.78 is 0. The summed E-state index contributed by atoms with van der Waals surface area (Å²) in [6.45, 7) is 0. The Kier molecular flexibility index (Phi) is 3.89. The van der Waals surface area contributed by atoms with Gasteiger partial charge in [0.1, 0.15) is 6.29 Å². The summed E-state index contributed by atoms with van der Waals surface area (Å²) in [6, 6.07) is 13.1. The molecule has 2 nitrogen and oxygen atoms in total. The Morgan fingerprint density at radius 3 is 2.76 bits per heavy atom. The largest absolute Gasteiger partial charge is 0.303 e. The highest BCUT2D eigenvalue weighted by atomic mass is 35.5. The molecule has 0 fully saturated rings. The van der Waals surface area contributed by atoms with E-state index < -0.39 is 0 Å². The maximum absolute atomic E-state index is 11.2. The second kappa shape index (κ2) is 5.60. The van der Waals surface area contributed by atoms with Gasteiger partial charge in [-0.2, -0.15) is 0 Å². The van der Waals surface area contributed by atoms with Crippen molar-refractivity contribution in [1.82, 2.24) is 4.98 Å². The molecule has 0 aliphatic carbocycles. The highest BCUT2D eigenvalue weighted by Crippen LogP contribution is 2.21. The van der Waals surface area contributed by atoms with Crippen LogP contribution in [0.25, 0.3) is 0 Å². The van der Waals surface area contributed by atoms with Gasteiger partial charge in [-0.15, -0.1) is 0 Å². The first-order valence-electron chi connectivity index (χ1n) is 5.40. The van der Waals surface area contributed by atoms with Crippen LogP contribution in [0.2, 0.25) is 5.02 Å². The van der Waals surface area contributed by atoms with E-state index in [0.717, 1.165) is 17.5 Å². The number of hydrogen-bond donors (Lipinski definition) is 0. The number of pyridine rings is 1. The molecule has 0 bridgehead atoms. The Balaban J connectivity index is 2.20. The molecule has 1 atom stereocenters. The summed E-state index contributed by atoms with van der Waals surface area (Å²) in [6.07, 6.45) is 3.28. The molecule has 86 valence electrons. The van der Waals surface area contributed by atoms with Gasteiger partial charge in [0.25, 0.3) is 0 Å². The van der Waals surface area contributed by atoms with Crippen molar-refractivity contribution in [2.75, 3.05) is 0 Å². The van der Waals surface area contributed by atoms with Gasteiger partial charge in [0.05, 0.1) is 0 Å². The van der Waals surface area contributed by atoms with E-state index >= 15 is 0 Å². The van der Waals surface area contributed by atoms with E-state index in [1.165, 1.54) is 0 Å². The van der Waals surface area contributed by atoms with E-state index in [9.17, 15) is 4.79 Å². The van der Waals surface area contributed by atoms with Gasteiger partial charge < -0.3 is 4.79 Å². The molecule has 1 heterocycles. The average molecular weight is 246 g/mol. The highest BCUT2D eigenvalue weighted by Gasteiger charge is 2.12. The molecule has 1 aromatic heterocycles. The minimum atomic E-state index is -0.191. The van der Waals surface area contributed by atoms with E-state index in [4.69, 9.17) is 11.6 Å². The fourth-order valence-corrected chi connectivity index (χ4v) is 1.92. The third kappa shape index (κ3) is 3.14. The lowest BCUT2D eigenvalue weighted by Gasteiger charge is -2.10. The SMILES string of the molecule is O=CC(Cc1ccccn1)c1cccc(Cl)c1. The monoisotopic (exact) mass is 245 g/mol. The van der Waals surface area contributed by atoms with Crippen molar-refractivity contribution in [3.8, 4) is 0 Å². The van der Waals surface area contributed by atoms with Gasteiger partial charge in [-0.3, -0.25) is 4.98 Å². The molecule has 17 heavy (non-hydrogen) atoms. The standard InChI is InChI=1S/C14H12ClNO/c15-13-5-3-4-11(8-13)12(10-17)9-14-6-1-2-7-16-14/h1-8,10,12H,9H2.